The van der Waals surface area contributed by atoms with E-state index in [1.165, 1.54) is 6.20 Å². The number of carboxylic acid groups (broad SMARTS) is 1. The summed E-state index contributed by atoms with van der Waals surface area (Å²) < 4.78 is 26.3. The van der Waals surface area contributed by atoms with E-state index < -0.39 is 16.0 Å². The van der Waals surface area contributed by atoms with Gasteiger partial charge in [-0.25, -0.2) is 18.1 Å². The number of hydrogen-bond acceptors (Lipinski definition) is 5. The fraction of sp³-hybridized carbons (Fsp3) is 0.600. The van der Waals surface area contributed by atoms with E-state index in [9.17, 15) is 13.2 Å². The third-order valence-corrected chi connectivity index (χ3v) is 5.14. The summed E-state index contributed by atoms with van der Waals surface area (Å²) in [4.78, 5) is 14.3. The summed E-state index contributed by atoms with van der Waals surface area (Å²) in [6.45, 7) is 3.77. The van der Waals surface area contributed by atoms with Crippen LogP contribution >= 0.6 is 11.3 Å². The van der Waals surface area contributed by atoms with Crippen molar-refractivity contribution in [2.75, 3.05) is 6.54 Å². The number of hydrogen-bond donors (Lipinski definition) is 2. The molecular formula is C10H16N2O4S2. The summed E-state index contributed by atoms with van der Waals surface area (Å²) in [5, 5.41) is 9.22. The zero-order chi connectivity index (χ0) is 13.8. The van der Waals surface area contributed by atoms with Gasteiger partial charge in [-0.15, -0.1) is 11.3 Å². The average Bonchev–Trinajstić information content (AvgIpc) is 2.71. The zero-order valence-corrected chi connectivity index (χ0v) is 11.8. The lowest BCUT2D eigenvalue weighted by Gasteiger charge is -2.10. The Morgan fingerprint density at radius 1 is 1.61 bits per heavy atom. The Hall–Kier alpha value is -0.990. The van der Waals surface area contributed by atoms with Gasteiger partial charge in [-0.05, 0) is 19.3 Å². The van der Waals surface area contributed by atoms with Crippen LogP contribution in [0.15, 0.2) is 10.4 Å². The molecule has 6 nitrogen and oxygen atoms in total. The van der Waals surface area contributed by atoms with Gasteiger partial charge in [0.15, 0.2) is 4.21 Å². The van der Waals surface area contributed by atoms with Crippen LogP contribution in [0.3, 0.4) is 0 Å². The van der Waals surface area contributed by atoms with Crippen molar-refractivity contribution in [1.82, 2.24) is 9.71 Å². The van der Waals surface area contributed by atoms with Gasteiger partial charge in [-0.1, -0.05) is 6.92 Å². The molecule has 1 aromatic rings. The van der Waals surface area contributed by atoms with Gasteiger partial charge in [0.05, 0.1) is 11.2 Å². The summed E-state index contributed by atoms with van der Waals surface area (Å²) in [6.07, 6.45) is 1.81. The van der Waals surface area contributed by atoms with Crippen LogP contribution in [0.5, 0.6) is 0 Å². The molecule has 0 aliphatic rings. The quantitative estimate of drug-likeness (QED) is 0.788. The Balaban J connectivity index is 2.50. The molecule has 1 atom stereocenters. The highest BCUT2D eigenvalue weighted by molar-refractivity contribution is 7.91. The minimum absolute atomic E-state index is 0.0232. The van der Waals surface area contributed by atoms with E-state index in [-0.39, 0.29) is 23.1 Å². The Kier molecular flexibility index (Phi) is 5.24. The molecule has 0 fully saturated rings. The number of sulfonamides is 1. The molecule has 0 bridgehead atoms. The van der Waals surface area contributed by atoms with E-state index >= 15 is 0 Å². The summed E-state index contributed by atoms with van der Waals surface area (Å²) in [6, 6.07) is 0. The Labute approximate surface area is 110 Å². The number of thiazole rings is 1. The van der Waals surface area contributed by atoms with E-state index in [1.54, 1.807) is 6.92 Å². The largest absolute Gasteiger partial charge is 0.481 e. The van der Waals surface area contributed by atoms with Gasteiger partial charge in [0.1, 0.15) is 0 Å². The minimum Gasteiger partial charge on any atom is -0.481 e. The molecule has 2 N–H and O–H groups in total. The number of aliphatic carboxylic acids is 1. The molecule has 0 aromatic carbocycles. The average molecular weight is 292 g/mol. The van der Waals surface area contributed by atoms with Crippen molar-refractivity contribution in [3.63, 3.8) is 0 Å². The van der Waals surface area contributed by atoms with Crippen LogP contribution in [0, 0.1) is 12.8 Å². The third-order valence-electron chi connectivity index (χ3n) is 2.34. The molecule has 18 heavy (non-hydrogen) atoms. The van der Waals surface area contributed by atoms with Crippen LogP contribution in [-0.2, 0) is 14.8 Å². The van der Waals surface area contributed by atoms with Crippen molar-refractivity contribution in [3.8, 4) is 0 Å². The maximum absolute atomic E-state index is 11.8. The number of rotatable bonds is 7. The van der Waals surface area contributed by atoms with Crippen molar-refractivity contribution >= 4 is 27.3 Å². The van der Waals surface area contributed by atoms with Gasteiger partial charge >= 0.3 is 5.97 Å². The molecule has 102 valence electrons. The minimum atomic E-state index is -3.51. The van der Waals surface area contributed by atoms with Crippen LogP contribution < -0.4 is 4.72 Å². The third kappa shape index (κ3) is 4.71. The maximum atomic E-state index is 11.8. The first-order chi connectivity index (χ1) is 8.31. The van der Waals surface area contributed by atoms with Crippen LogP contribution in [0.25, 0.3) is 0 Å². The Morgan fingerprint density at radius 3 is 2.78 bits per heavy atom. The van der Waals surface area contributed by atoms with Crippen LogP contribution in [-0.4, -0.2) is 31.0 Å². The topological polar surface area (TPSA) is 96.4 Å². The Morgan fingerprint density at radius 2 is 2.28 bits per heavy atom. The van der Waals surface area contributed by atoms with Crippen LogP contribution in [0.4, 0.5) is 0 Å². The van der Waals surface area contributed by atoms with Crippen molar-refractivity contribution < 1.29 is 18.3 Å². The molecule has 0 radical (unpaired) electrons. The SMILES string of the molecule is Cc1ncc(S(=O)(=O)NCC(C)CCC(=O)O)s1. The highest BCUT2D eigenvalue weighted by Gasteiger charge is 2.18. The highest BCUT2D eigenvalue weighted by atomic mass is 32.2. The number of carboxylic acids is 1. The van der Waals surface area contributed by atoms with E-state index in [2.05, 4.69) is 9.71 Å². The molecule has 0 saturated heterocycles. The van der Waals surface area contributed by atoms with Crippen LogP contribution in [0.1, 0.15) is 24.8 Å². The van der Waals surface area contributed by atoms with Crippen molar-refractivity contribution in [1.29, 1.82) is 0 Å². The zero-order valence-electron chi connectivity index (χ0n) is 10.2. The molecule has 0 aliphatic carbocycles. The first-order valence-electron chi connectivity index (χ1n) is 5.45. The van der Waals surface area contributed by atoms with Crippen LogP contribution in [0.2, 0.25) is 0 Å². The predicted molar refractivity (Wildman–Crippen MR) is 68.1 cm³/mol. The molecule has 1 heterocycles. The van der Waals surface area contributed by atoms with Crippen molar-refractivity contribution in [2.45, 2.75) is 30.9 Å². The highest BCUT2D eigenvalue weighted by Crippen LogP contribution is 2.17. The second kappa shape index (κ2) is 6.26. The number of nitrogens with one attached hydrogen (secondary N) is 1. The van der Waals surface area contributed by atoms with Gasteiger partial charge in [0.25, 0.3) is 10.0 Å². The molecule has 0 amide bonds. The summed E-state index contributed by atoms with van der Waals surface area (Å²) in [5.41, 5.74) is 0. The standard InChI is InChI=1S/C10H16N2O4S2/c1-7(3-4-9(13)14)5-12-18(15,16)10-6-11-8(2)17-10/h6-7,12H,3-5H2,1-2H3,(H,13,14). The molecular weight excluding hydrogens is 276 g/mol. The summed E-state index contributed by atoms with van der Waals surface area (Å²) in [5.74, 6) is -0.896. The summed E-state index contributed by atoms with van der Waals surface area (Å²) >= 11 is 1.11. The Bertz CT molecular complexity index is 510. The fourth-order valence-corrected chi connectivity index (χ4v) is 3.58. The molecule has 8 heteroatoms. The molecule has 1 rings (SSSR count). The van der Waals surface area contributed by atoms with Gasteiger partial charge in [-0.2, -0.15) is 0 Å². The maximum Gasteiger partial charge on any atom is 0.303 e. The van der Waals surface area contributed by atoms with E-state index in [4.69, 9.17) is 5.11 Å². The van der Waals surface area contributed by atoms with Crippen molar-refractivity contribution in [3.05, 3.63) is 11.2 Å². The fourth-order valence-electron chi connectivity index (χ4n) is 1.26. The molecule has 1 unspecified atom stereocenters. The number of carbonyl (C=O) groups is 1. The number of nitrogens with zero attached hydrogens (tertiary/aromatic N) is 1. The van der Waals surface area contributed by atoms with Gasteiger partial charge in [-0.3, -0.25) is 4.79 Å². The number of aromatic nitrogens is 1. The molecule has 0 saturated carbocycles. The second-order valence-corrected chi connectivity index (χ2v) is 7.32. The normalized spacial score (nSPS) is 13.4. The van der Waals surface area contributed by atoms with Gasteiger partial charge in [0.2, 0.25) is 0 Å². The molecule has 1 aromatic heterocycles. The molecule has 0 spiro atoms. The predicted octanol–water partition coefficient (Wildman–Crippen LogP) is 1.23. The first kappa shape index (κ1) is 15.1. The lowest BCUT2D eigenvalue weighted by molar-refractivity contribution is -0.137. The molecule has 0 aliphatic heterocycles. The van der Waals surface area contributed by atoms with Crippen molar-refractivity contribution in [2.24, 2.45) is 5.92 Å². The second-order valence-electron chi connectivity index (χ2n) is 4.09. The lowest BCUT2D eigenvalue weighted by atomic mass is 10.1. The van der Waals surface area contributed by atoms with E-state index in [0.29, 0.717) is 11.4 Å². The summed E-state index contributed by atoms with van der Waals surface area (Å²) in [7, 11) is -3.51. The number of aryl methyl sites for hydroxylation is 1. The smallest absolute Gasteiger partial charge is 0.303 e. The van der Waals surface area contributed by atoms with E-state index in [0.717, 1.165) is 11.3 Å². The van der Waals surface area contributed by atoms with E-state index in [1.807, 2.05) is 6.92 Å². The first-order valence-corrected chi connectivity index (χ1v) is 7.75. The van der Waals surface area contributed by atoms with Gasteiger partial charge in [0, 0.05) is 13.0 Å². The van der Waals surface area contributed by atoms with Gasteiger partial charge < -0.3 is 5.11 Å². The monoisotopic (exact) mass is 292 g/mol. The lowest BCUT2D eigenvalue weighted by Crippen LogP contribution is -2.28.